The highest BCUT2D eigenvalue weighted by atomic mass is 35.5. The molecule has 21 heavy (non-hydrogen) atoms. The molecular formula is C13H20Cl2N2O3Si. The molecule has 1 unspecified atom stereocenters. The summed E-state index contributed by atoms with van der Waals surface area (Å²) in [7, 11) is -2.02. The van der Waals surface area contributed by atoms with Gasteiger partial charge in [-0.15, -0.1) is 0 Å². The topological polar surface area (TPSA) is 65.3 Å². The van der Waals surface area contributed by atoms with Crippen molar-refractivity contribution in [3.05, 3.63) is 38.1 Å². The second-order valence-electron chi connectivity index (χ2n) is 4.88. The van der Waals surface area contributed by atoms with E-state index in [0.717, 1.165) is 18.1 Å². The van der Waals surface area contributed by atoms with E-state index >= 15 is 0 Å². The molecule has 0 fully saturated rings. The third-order valence-corrected chi connectivity index (χ3v) is 9.11. The van der Waals surface area contributed by atoms with Crippen molar-refractivity contribution in [1.29, 1.82) is 0 Å². The molecule has 0 N–H and O–H groups in total. The van der Waals surface area contributed by atoms with E-state index in [1.807, 2.05) is 0 Å². The van der Waals surface area contributed by atoms with Gasteiger partial charge in [-0.3, -0.25) is 15.1 Å². The van der Waals surface area contributed by atoms with E-state index in [0.29, 0.717) is 15.6 Å². The third-order valence-electron chi connectivity index (χ3n) is 3.85. The molecule has 5 nitrogen and oxygen atoms in total. The van der Waals surface area contributed by atoms with Gasteiger partial charge in [0.15, 0.2) is 8.32 Å². The molecular weight excluding hydrogens is 331 g/mol. The van der Waals surface area contributed by atoms with Gasteiger partial charge in [0.25, 0.3) is 0 Å². The Bertz CT molecular complexity index is 470. The molecule has 1 rings (SSSR count). The van der Waals surface area contributed by atoms with Gasteiger partial charge < -0.3 is 4.43 Å². The number of halogens is 2. The Morgan fingerprint density at radius 1 is 1.24 bits per heavy atom. The molecule has 8 heteroatoms. The predicted octanol–water partition coefficient (Wildman–Crippen LogP) is 4.73. The number of hydrogen-bond donors (Lipinski definition) is 0. The average molecular weight is 351 g/mol. The summed E-state index contributed by atoms with van der Waals surface area (Å²) in [5.41, 5.74) is 0.470. The molecule has 1 heterocycles. The van der Waals surface area contributed by atoms with Gasteiger partial charge in [-0.05, 0) is 18.1 Å². The van der Waals surface area contributed by atoms with E-state index in [9.17, 15) is 10.1 Å². The van der Waals surface area contributed by atoms with Crippen LogP contribution >= 0.6 is 23.2 Å². The van der Waals surface area contributed by atoms with Crippen molar-refractivity contribution >= 4 is 31.5 Å². The van der Waals surface area contributed by atoms with Crippen LogP contribution in [0.4, 0.5) is 0 Å². The molecule has 118 valence electrons. The van der Waals surface area contributed by atoms with Crippen LogP contribution in [0, 0.1) is 10.1 Å². The van der Waals surface area contributed by atoms with Crippen LogP contribution in [-0.2, 0) is 4.43 Å². The molecule has 0 aromatic carbocycles. The average Bonchev–Trinajstić information content (AvgIpc) is 2.44. The lowest BCUT2D eigenvalue weighted by Gasteiger charge is -2.32. The molecule has 0 aliphatic rings. The predicted molar refractivity (Wildman–Crippen MR) is 87.1 cm³/mol. The van der Waals surface area contributed by atoms with Gasteiger partial charge in [-0.1, -0.05) is 44.0 Å². The lowest BCUT2D eigenvalue weighted by Crippen LogP contribution is -2.39. The Labute approximate surface area is 135 Å². The van der Waals surface area contributed by atoms with E-state index in [4.69, 9.17) is 27.6 Å². The van der Waals surface area contributed by atoms with E-state index in [-0.39, 0.29) is 6.54 Å². The first-order valence-corrected chi connectivity index (χ1v) is 10.3. The van der Waals surface area contributed by atoms with Crippen molar-refractivity contribution in [2.24, 2.45) is 0 Å². The largest absolute Gasteiger partial charge is 0.404 e. The molecule has 1 aromatic heterocycles. The monoisotopic (exact) mass is 350 g/mol. The normalized spacial score (nSPS) is 13.2. The number of rotatable bonds is 8. The van der Waals surface area contributed by atoms with Crippen molar-refractivity contribution < 1.29 is 9.35 Å². The van der Waals surface area contributed by atoms with Gasteiger partial charge >= 0.3 is 0 Å². The van der Waals surface area contributed by atoms with E-state index < -0.39 is 19.3 Å². The Kier molecular flexibility index (Phi) is 7.06. The zero-order valence-electron chi connectivity index (χ0n) is 12.4. The maximum absolute atomic E-state index is 11.0. The molecule has 0 spiro atoms. The van der Waals surface area contributed by atoms with Gasteiger partial charge in [0.2, 0.25) is 6.54 Å². The molecule has 0 aliphatic heterocycles. The Balaban J connectivity index is 3.20. The number of pyridine rings is 1. The number of aromatic nitrogens is 1. The number of nitro groups is 1. The molecule has 0 saturated carbocycles. The van der Waals surface area contributed by atoms with Gasteiger partial charge in [-0.25, -0.2) is 0 Å². The first-order valence-electron chi connectivity index (χ1n) is 6.97. The first-order chi connectivity index (χ1) is 9.89. The van der Waals surface area contributed by atoms with Crippen LogP contribution in [0.5, 0.6) is 0 Å². The van der Waals surface area contributed by atoms with Crippen LogP contribution in [-0.4, -0.2) is 24.8 Å². The Hall–Kier alpha value is -0.693. The summed E-state index contributed by atoms with van der Waals surface area (Å²) >= 11 is 12.3. The van der Waals surface area contributed by atoms with Crippen LogP contribution in [0.3, 0.4) is 0 Å². The zero-order chi connectivity index (χ0) is 16.0. The fourth-order valence-electron chi connectivity index (χ4n) is 2.35. The molecule has 0 amide bonds. The second kappa shape index (κ2) is 8.08. The standard InChI is InChI=1S/C13H20Cl2N2O3Si/c1-4-21(5-2,6-3)20-12(9-17(18)19)13-10(14)7-16-8-11(13)15/h7-8,12H,4-6,9H2,1-3H3. The minimum absolute atomic E-state index is 0.306. The molecule has 0 radical (unpaired) electrons. The molecule has 1 atom stereocenters. The minimum Gasteiger partial charge on any atom is -0.404 e. The summed E-state index contributed by atoms with van der Waals surface area (Å²) in [6.45, 7) is 5.85. The fourth-order valence-corrected chi connectivity index (χ4v) is 5.76. The SMILES string of the molecule is CC[Si](CC)(CC)OC(C[N+](=O)[O-])c1c(Cl)cncc1Cl. The molecule has 0 bridgehead atoms. The smallest absolute Gasteiger partial charge is 0.232 e. The van der Waals surface area contributed by atoms with Crippen LogP contribution in [0.25, 0.3) is 0 Å². The summed E-state index contributed by atoms with van der Waals surface area (Å²) in [5.74, 6) is 0. The van der Waals surface area contributed by atoms with Crippen molar-refractivity contribution in [1.82, 2.24) is 4.98 Å². The Morgan fingerprint density at radius 2 is 1.71 bits per heavy atom. The van der Waals surface area contributed by atoms with E-state index in [2.05, 4.69) is 25.8 Å². The summed E-state index contributed by atoms with van der Waals surface area (Å²) in [6, 6.07) is 2.69. The van der Waals surface area contributed by atoms with Crippen molar-refractivity contribution in [2.75, 3.05) is 6.54 Å². The van der Waals surface area contributed by atoms with Gasteiger partial charge in [-0.2, -0.15) is 0 Å². The van der Waals surface area contributed by atoms with Crippen molar-refractivity contribution in [2.45, 2.75) is 45.0 Å². The van der Waals surface area contributed by atoms with Crippen LogP contribution in [0.2, 0.25) is 28.2 Å². The molecule has 0 aliphatic carbocycles. The summed E-state index contributed by atoms with van der Waals surface area (Å²) < 4.78 is 6.24. The maximum Gasteiger partial charge on any atom is 0.232 e. The zero-order valence-corrected chi connectivity index (χ0v) is 14.9. The maximum atomic E-state index is 11.0. The molecule has 0 saturated heterocycles. The van der Waals surface area contributed by atoms with E-state index in [1.54, 1.807) is 0 Å². The number of nitrogens with zero attached hydrogens (tertiary/aromatic N) is 2. The number of hydrogen-bond acceptors (Lipinski definition) is 4. The van der Waals surface area contributed by atoms with Crippen LogP contribution < -0.4 is 0 Å². The summed E-state index contributed by atoms with van der Waals surface area (Å²) in [6.07, 6.45) is 2.15. The van der Waals surface area contributed by atoms with E-state index in [1.165, 1.54) is 12.4 Å². The summed E-state index contributed by atoms with van der Waals surface area (Å²) in [5, 5.41) is 11.6. The molecule has 1 aromatic rings. The van der Waals surface area contributed by atoms with Gasteiger partial charge in [0.1, 0.15) is 6.10 Å². The minimum atomic E-state index is -2.02. The van der Waals surface area contributed by atoms with Gasteiger partial charge in [0.05, 0.1) is 10.0 Å². The van der Waals surface area contributed by atoms with Crippen LogP contribution in [0.1, 0.15) is 32.4 Å². The lowest BCUT2D eigenvalue weighted by molar-refractivity contribution is -0.490. The highest BCUT2D eigenvalue weighted by Crippen LogP contribution is 2.36. The Morgan fingerprint density at radius 3 is 2.10 bits per heavy atom. The summed E-state index contributed by atoms with van der Waals surface area (Å²) in [4.78, 5) is 14.5. The van der Waals surface area contributed by atoms with Crippen molar-refractivity contribution in [3.8, 4) is 0 Å². The van der Waals surface area contributed by atoms with Crippen LogP contribution in [0.15, 0.2) is 12.4 Å². The fraction of sp³-hybridized carbons (Fsp3) is 0.615. The van der Waals surface area contributed by atoms with Crippen molar-refractivity contribution in [3.63, 3.8) is 0 Å². The highest BCUT2D eigenvalue weighted by molar-refractivity contribution is 6.73. The first kappa shape index (κ1) is 18.4. The third kappa shape index (κ3) is 4.64. The quantitative estimate of drug-likeness (QED) is 0.386. The lowest BCUT2D eigenvalue weighted by atomic mass is 10.1. The van der Waals surface area contributed by atoms with Gasteiger partial charge in [0, 0.05) is 22.9 Å². The second-order valence-corrected chi connectivity index (χ2v) is 10.4. The highest BCUT2D eigenvalue weighted by Gasteiger charge is 2.36.